The number of aryl methyl sites for hydroxylation is 1. The molecule has 12 heteroatoms. The third-order valence-electron chi connectivity index (χ3n) is 9.00. The van der Waals surface area contributed by atoms with Gasteiger partial charge >= 0.3 is 0 Å². The molecule has 0 aliphatic carbocycles. The Labute approximate surface area is 272 Å². The first-order chi connectivity index (χ1) is 22.7. The average molecular weight is 632 g/mol. The van der Waals surface area contributed by atoms with E-state index < -0.39 is 5.72 Å². The van der Waals surface area contributed by atoms with E-state index in [2.05, 4.69) is 26.3 Å². The van der Waals surface area contributed by atoms with Crippen molar-refractivity contribution >= 4 is 34.9 Å². The summed E-state index contributed by atoms with van der Waals surface area (Å²) in [4.78, 5) is 47.2. The maximum atomic E-state index is 13.3. The van der Waals surface area contributed by atoms with Gasteiger partial charge in [0.25, 0.3) is 5.91 Å². The van der Waals surface area contributed by atoms with E-state index >= 15 is 0 Å². The van der Waals surface area contributed by atoms with E-state index in [9.17, 15) is 14.7 Å². The number of rotatable bonds is 6. The number of carbonyl (C=O) groups is 2. The molecule has 4 N–H and O–H groups in total. The third kappa shape index (κ3) is 5.99. The summed E-state index contributed by atoms with van der Waals surface area (Å²) in [6.45, 7) is 5.24. The van der Waals surface area contributed by atoms with Crippen LogP contribution in [0.5, 0.6) is 0 Å². The molecule has 3 aromatic heterocycles. The number of nitrogens with one attached hydrogen (secondary N) is 1. The van der Waals surface area contributed by atoms with Crippen LogP contribution in [0.15, 0.2) is 67.3 Å². The minimum atomic E-state index is -1.20. The molecular formula is C35H37N9O3. The third-order valence-corrected chi connectivity index (χ3v) is 9.00. The summed E-state index contributed by atoms with van der Waals surface area (Å²) in [6.07, 6.45) is 11.3. The lowest BCUT2D eigenvalue weighted by molar-refractivity contribution is -0.121. The van der Waals surface area contributed by atoms with Crippen LogP contribution in [0.3, 0.4) is 0 Å². The number of carbonyl (C=O) groups excluding carboxylic acids is 2. The molecule has 1 saturated heterocycles. The minimum absolute atomic E-state index is 0.184. The largest absolute Gasteiger partial charge is 0.371 e. The lowest BCUT2D eigenvalue weighted by atomic mass is 9.91. The number of hydrogen-bond acceptors (Lipinski definition) is 9. The topological polar surface area (TPSA) is 155 Å². The van der Waals surface area contributed by atoms with Crippen molar-refractivity contribution in [3.8, 4) is 22.4 Å². The number of amides is 2. The number of aromatic nitrogens is 5. The maximum absolute atomic E-state index is 13.3. The van der Waals surface area contributed by atoms with Crippen molar-refractivity contribution in [1.29, 1.82) is 0 Å². The first-order valence-electron chi connectivity index (χ1n) is 15.9. The maximum Gasteiger partial charge on any atom is 0.271 e. The van der Waals surface area contributed by atoms with Crippen LogP contribution < -0.4 is 20.9 Å². The van der Waals surface area contributed by atoms with E-state index in [4.69, 9.17) is 15.7 Å². The molecule has 2 aliphatic rings. The van der Waals surface area contributed by atoms with Gasteiger partial charge in [0, 0.05) is 62.6 Å². The number of nitrogens with two attached hydrogens (primary N) is 1. The van der Waals surface area contributed by atoms with Crippen LogP contribution in [0.4, 0.5) is 17.5 Å². The van der Waals surface area contributed by atoms with E-state index in [1.165, 1.54) is 18.2 Å². The van der Waals surface area contributed by atoms with Crippen LogP contribution in [0.1, 0.15) is 61.1 Å². The second-order valence-electron chi connectivity index (χ2n) is 12.5. The molecule has 5 aromatic rings. The number of piperidine rings is 1. The van der Waals surface area contributed by atoms with Crippen molar-refractivity contribution in [1.82, 2.24) is 29.7 Å². The minimum Gasteiger partial charge on any atom is -0.371 e. The molecule has 2 aromatic carbocycles. The number of anilines is 3. The highest BCUT2D eigenvalue weighted by Gasteiger charge is 2.37. The van der Waals surface area contributed by atoms with Crippen molar-refractivity contribution in [2.75, 3.05) is 28.6 Å². The van der Waals surface area contributed by atoms with Gasteiger partial charge in [-0.3, -0.25) is 14.5 Å². The Balaban J connectivity index is 1.08. The molecule has 0 saturated carbocycles. The predicted octanol–water partition coefficient (Wildman–Crippen LogP) is 4.36. The first kappa shape index (κ1) is 30.3. The molecule has 47 heavy (non-hydrogen) atoms. The van der Waals surface area contributed by atoms with Crippen molar-refractivity contribution in [3.05, 3.63) is 84.1 Å². The fourth-order valence-electron chi connectivity index (χ4n) is 6.54. The zero-order valence-electron chi connectivity index (χ0n) is 26.5. The molecule has 0 radical (unpaired) electrons. The van der Waals surface area contributed by atoms with E-state index in [0.717, 1.165) is 65.3 Å². The Morgan fingerprint density at radius 3 is 2.40 bits per heavy atom. The number of nitrogens with zero attached hydrogens (tertiary/aromatic N) is 7. The van der Waals surface area contributed by atoms with Gasteiger partial charge in [-0.15, -0.1) is 0 Å². The summed E-state index contributed by atoms with van der Waals surface area (Å²) >= 11 is 0. The van der Waals surface area contributed by atoms with Gasteiger partial charge in [-0.05, 0) is 73.4 Å². The first-order valence-corrected chi connectivity index (χ1v) is 15.9. The van der Waals surface area contributed by atoms with Crippen LogP contribution in [0.25, 0.3) is 28.0 Å². The fourth-order valence-corrected chi connectivity index (χ4v) is 6.54. The lowest BCUT2D eigenvalue weighted by Gasteiger charge is -2.41. The Hall–Kier alpha value is -5.36. The van der Waals surface area contributed by atoms with Crippen molar-refractivity contribution < 1.29 is 14.7 Å². The van der Waals surface area contributed by atoms with Gasteiger partial charge in [0.15, 0.2) is 11.5 Å². The summed E-state index contributed by atoms with van der Waals surface area (Å²) in [5, 5.41) is 13.8. The molecule has 0 spiro atoms. The fraction of sp³-hybridized carbons (Fsp3) is 0.314. The lowest BCUT2D eigenvalue weighted by Crippen LogP contribution is -2.52. The molecule has 7 rings (SSSR count). The molecule has 0 bridgehead atoms. The number of benzene rings is 2. The van der Waals surface area contributed by atoms with Crippen molar-refractivity contribution in [3.63, 3.8) is 0 Å². The van der Waals surface area contributed by atoms with Crippen molar-refractivity contribution in [2.24, 2.45) is 0 Å². The monoisotopic (exact) mass is 631 g/mol. The van der Waals surface area contributed by atoms with E-state index in [-0.39, 0.29) is 17.8 Å². The summed E-state index contributed by atoms with van der Waals surface area (Å²) < 4.78 is 1.85. The molecule has 240 valence electrons. The van der Waals surface area contributed by atoms with Crippen molar-refractivity contribution in [2.45, 2.75) is 58.2 Å². The highest BCUT2D eigenvalue weighted by atomic mass is 16.3. The van der Waals surface area contributed by atoms with Gasteiger partial charge in [0.05, 0.1) is 5.69 Å². The smallest absolute Gasteiger partial charge is 0.271 e. The van der Waals surface area contributed by atoms with Crippen LogP contribution in [-0.4, -0.2) is 60.1 Å². The standard InChI is InChI=1S/C35H37N9O3/c1-22(45)44-30-11-10-25(16-26(30)12-13-35(44,2)47)24-8-6-23(7-9-24)17-37-33(46)29-21-43-20-28(27-18-38-34(36)39-19-27)40-31(32(43)41-29)42-14-4-3-5-15-42/h6-11,16,18-21,47H,3-5,12-15,17H2,1-2H3,(H,37,46)(H2,36,38,39)/t35-/m0/s1. The van der Waals surface area contributed by atoms with Gasteiger partial charge in [-0.1, -0.05) is 30.3 Å². The highest BCUT2D eigenvalue weighted by Crippen LogP contribution is 2.38. The molecule has 1 atom stereocenters. The molecule has 2 amide bonds. The van der Waals surface area contributed by atoms with E-state index in [0.29, 0.717) is 36.4 Å². The van der Waals surface area contributed by atoms with E-state index in [1.54, 1.807) is 25.5 Å². The van der Waals surface area contributed by atoms with Gasteiger partial charge in [0.2, 0.25) is 11.9 Å². The molecule has 0 unspecified atom stereocenters. The predicted molar refractivity (Wildman–Crippen MR) is 180 cm³/mol. The Bertz CT molecular complexity index is 1960. The molecular weight excluding hydrogens is 594 g/mol. The van der Waals surface area contributed by atoms with Crippen LogP contribution in [0.2, 0.25) is 0 Å². The van der Waals surface area contributed by atoms with Gasteiger partial charge in [-0.25, -0.2) is 19.9 Å². The zero-order chi connectivity index (χ0) is 32.7. The summed E-state index contributed by atoms with van der Waals surface area (Å²) in [5.74, 6) is 0.463. The Kier molecular flexibility index (Phi) is 7.80. The summed E-state index contributed by atoms with van der Waals surface area (Å²) in [7, 11) is 0. The summed E-state index contributed by atoms with van der Waals surface area (Å²) in [6, 6.07) is 14.0. The van der Waals surface area contributed by atoms with E-state index in [1.807, 2.05) is 47.0 Å². The number of nitrogen functional groups attached to an aromatic ring is 1. The second-order valence-corrected chi connectivity index (χ2v) is 12.5. The number of imidazole rings is 1. The van der Waals surface area contributed by atoms with Gasteiger partial charge in [-0.2, -0.15) is 0 Å². The van der Waals surface area contributed by atoms with Crippen LogP contribution >= 0.6 is 0 Å². The molecule has 12 nitrogen and oxygen atoms in total. The summed E-state index contributed by atoms with van der Waals surface area (Å²) in [5.41, 5.74) is 11.6. The Morgan fingerprint density at radius 2 is 1.68 bits per heavy atom. The SMILES string of the molecule is CC(=O)N1c2ccc(-c3ccc(CNC(=O)c4cn5cc(-c6cnc(N)nc6)nc(N6CCCCC6)c5n4)cc3)cc2CC[C@]1(C)O. The van der Waals surface area contributed by atoms with Crippen LogP contribution in [0, 0.1) is 0 Å². The molecule has 1 fully saturated rings. The van der Waals surface area contributed by atoms with Crippen LogP contribution in [-0.2, 0) is 17.8 Å². The average Bonchev–Trinajstić information content (AvgIpc) is 3.51. The second kappa shape index (κ2) is 12.1. The number of fused-ring (bicyclic) bond motifs is 2. The molecule has 5 heterocycles. The number of aliphatic hydroxyl groups is 1. The number of hydrogen-bond donors (Lipinski definition) is 3. The van der Waals surface area contributed by atoms with Gasteiger partial charge in [0.1, 0.15) is 11.4 Å². The zero-order valence-corrected chi connectivity index (χ0v) is 26.5. The Morgan fingerprint density at radius 1 is 0.957 bits per heavy atom. The molecule has 2 aliphatic heterocycles. The quantitative estimate of drug-likeness (QED) is 0.248. The van der Waals surface area contributed by atoms with Gasteiger partial charge < -0.3 is 25.5 Å². The highest BCUT2D eigenvalue weighted by molar-refractivity contribution is 5.95. The normalized spacial score (nSPS) is 17.9.